The van der Waals surface area contributed by atoms with Gasteiger partial charge in [0, 0.05) is 6.07 Å². The summed E-state index contributed by atoms with van der Waals surface area (Å²) in [5.74, 6) is -2.23. The molecule has 1 aromatic rings. The molecule has 92 valence electrons. The molecule has 3 nitrogen and oxygen atoms in total. The quantitative estimate of drug-likeness (QED) is 0.826. The van der Waals surface area contributed by atoms with Crippen molar-refractivity contribution >= 4 is 5.91 Å². The molecule has 2 atom stereocenters. The number of nitrogens with one attached hydrogen (secondary N) is 1. The lowest BCUT2D eigenvalue weighted by Crippen LogP contribution is -2.40. The first-order valence-corrected chi connectivity index (χ1v) is 5.52. The maximum Gasteiger partial charge on any atom is 0.254 e. The smallest absolute Gasteiger partial charge is 0.254 e. The van der Waals surface area contributed by atoms with Crippen molar-refractivity contribution in [2.75, 3.05) is 0 Å². The summed E-state index contributed by atoms with van der Waals surface area (Å²) in [6, 6.07) is 2.46. The van der Waals surface area contributed by atoms with E-state index in [4.69, 9.17) is 0 Å². The first-order valence-electron chi connectivity index (χ1n) is 5.52. The van der Waals surface area contributed by atoms with E-state index in [1.165, 1.54) is 0 Å². The predicted octanol–water partition coefficient (Wildman–Crippen LogP) is 1.61. The van der Waals surface area contributed by atoms with Gasteiger partial charge in [-0.2, -0.15) is 0 Å². The Hall–Kier alpha value is -1.49. The van der Waals surface area contributed by atoms with Crippen LogP contribution in [0.25, 0.3) is 0 Å². The number of aliphatic hydroxyl groups is 1. The van der Waals surface area contributed by atoms with Crippen LogP contribution in [0.3, 0.4) is 0 Å². The van der Waals surface area contributed by atoms with Crippen molar-refractivity contribution in [1.29, 1.82) is 0 Å². The van der Waals surface area contributed by atoms with E-state index in [-0.39, 0.29) is 11.6 Å². The maximum atomic E-state index is 13.3. The van der Waals surface area contributed by atoms with Gasteiger partial charge in [-0.15, -0.1) is 0 Å². The van der Waals surface area contributed by atoms with Crippen molar-refractivity contribution < 1.29 is 18.7 Å². The Morgan fingerprint density at radius 3 is 2.71 bits per heavy atom. The van der Waals surface area contributed by atoms with Crippen LogP contribution in [-0.2, 0) is 0 Å². The molecular formula is C12H13F2NO2. The Balaban J connectivity index is 2.09. The van der Waals surface area contributed by atoms with Gasteiger partial charge in [-0.05, 0) is 31.4 Å². The zero-order valence-corrected chi connectivity index (χ0v) is 9.12. The largest absolute Gasteiger partial charge is 0.391 e. The molecule has 2 N–H and O–H groups in total. The van der Waals surface area contributed by atoms with E-state index >= 15 is 0 Å². The van der Waals surface area contributed by atoms with Gasteiger partial charge in [0.15, 0.2) is 0 Å². The molecule has 0 spiro atoms. The number of amides is 1. The number of benzene rings is 1. The fraction of sp³-hybridized carbons (Fsp3) is 0.417. The van der Waals surface area contributed by atoms with Gasteiger partial charge >= 0.3 is 0 Å². The number of hydrogen-bond acceptors (Lipinski definition) is 2. The fourth-order valence-corrected chi connectivity index (χ4v) is 2.03. The monoisotopic (exact) mass is 241 g/mol. The van der Waals surface area contributed by atoms with E-state index in [2.05, 4.69) is 5.32 Å². The lowest BCUT2D eigenvalue weighted by molar-refractivity contribution is 0.0869. The number of halogens is 2. The van der Waals surface area contributed by atoms with E-state index in [1.54, 1.807) is 0 Å². The third kappa shape index (κ3) is 2.61. The number of aliphatic hydroxyl groups excluding tert-OH is 1. The summed E-state index contributed by atoms with van der Waals surface area (Å²) >= 11 is 0. The van der Waals surface area contributed by atoms with Crippen molar-refractivity contribution in [2.24, 2.45) is 0 Å². The minimum Gasteiger partial charge on any atom is -0.391 e. The zero-order chi connectivity index (χ0) is 12.4. The number of hydrogen-bond donors (Lipinski definition) is 2. The standard InChI is InChI=1S/C12H13F2NO2/c13-7-4-5-8(9(14)6-7)12(17)15-10-2-1-3-11(10)16/h4-6,10-11,16H,1-3H2,(H,15,17)/t10-,11+/m1/s1. The summed E-state index contributed by atoms with van der Waals surface area (Å²) < 4.78 is 26.0. The van der Waals surface area contributed by atoms with Crippen LogP contribution >= 0.6 is 0 Å². The summed E-state index contributed by atoms with van der Waals surface area (Å²) in [6.07, 6.45) is 1.56. The zero-order valence-electron chi connectivity index (χ0n) is 9.12. The summed E-state index contributed by atoms with van der Waals surface area (Å²) in [7, 11) is 0. The molecule has 0 unspecified atom stereocenters. The summed E-state index contributed by atoms with van der Waals surface area (Å²) in [6.45, 7) is 0. The van der Waals surface area contributed by atoms with Crippen LogP contribution < -0.4 is 5.32 Å². The molecule has 0 aromatic heterocycles. The van der Waals surface area contributed by atoms with Gasteiger partial charge in [0.25, 0.3) is 5.91 Å². The van der Waals surface area contributed by atoms with Gasteiger partial charge in [-0.3, -0.25) is 4.79 Å². The highest BCUT2D eigenvalue weighted by atomic mass is 19.1. The summed E-state index contributed by atoms with van der Waals surface area (Å²) in [4.78, 5) is 11.7. The number of carbonyl (C=O) groups excluding carboxylic acids is 1. The molecule has 1 aliphatic carbocycles. The van der Waals surface area contributed by atoms with Crippen LogP contribution in [0.4, 0.5) is 8.78 Å². The van der Waals surface area contributed by atoms with Crippen molar-refractivity contribution in [2.45, 2.75) is 31.4 Å². The molecule has 1 aliphatic rings. The average Bonchev–Trinajstić information content (AvgIpc) is 2.64. The van der Waals surface area contributed by atoms with Crippen molar-refractivity contribution in [3.63, 3.8) is 0 Å². The first kappa shape index (κ1) is 12.0. The van der Waals surface area contributed by atoms with Crippen LogP contribution in [0.5, 0.6) is 0 Å². The average molecular weight is 241 g/mol. The minimum absolute atomic E-state index is 0.203. The van der Waals surface area contributed by atoms with Crippen LogP contribution in [0.1, 0.15) is 29.6 Å². The van der Waals surface area contributed by atoms with Gasteiger partial charge in [-0.1, -0.05) is 0 Å². The third-order valence-corrected chi connectivity index (χ3v) is 2.97. The second-order valence-electron chi connectivity index (χ2n) is 4.20. The highest BCUT2D eigenvalue weighted by molar-refractivity contribution is 5.94. The Kier molecular flexibility index (Phi) is 3.38. The predicted molar refractivity (Wildman–Crippen MR) is 57.5 cm³/mol. The lowest BCUT2D eigenvalue weighted by Gasteiger charge is -2.16. The molecule has 5 heteroatoms. The second kappa shape index (κ2) is 4.79. The van der Waals surface area contributed by atoms with E-state index in [0.29, 0.717) is 18.9 Å². The maximum absolute atomic E-state index is 13.3. The van der Waals surface area contributed by atoms with Crippen molar-refractivity contribution in [1.82, 2.24) is 5.32 Å². The normalized spacial score (nSPS) is 23.7. The van der Waals surface area contributed by atoms with Gasteiger partial charge in [0.2, 0.25) is 0 Å². The highest BCUT2D eigenvalue weighted by Crippen LogP contribution is 2.19. The Labute approximate surface area is 97.5 Å². The highest BCUT2D eigenvalue weighted by Gasteiger charge is 2.27. The molecule has 2 rings (SSSR count). The SMILES string of the molecule is O=C(N[C@@H]1CCC[C@@H]1O)c1ccc(F)cc1F. The molecule has 17 heavy (non-hydrogen) atoms. The second-order valence-corrected chi connectivity index (χ2v) is 4.20. The molecule has 1 amide bonds. The van der Waals surface area contributed by atoms with Crippen molar-refractivity contribution in [3.8, 4) is 0 Å². The van der Waals surface area contributed by atoms with Gasteiger partial charge in [0.05, 0.1) is 17.7 Å². The van der Waals surface area contributed by atoms with E-state index < -0.39 is 23.6 Å². The molecule has 0 radical (unpaired) electrons. The third-order valence-electron chi connectivity index (χ3n) is 2.97. The van der Waals surface area contributed by atoms with E-state index in [9.17, 15) is 18.7 Å². The first-order chi connectivity index (χ1) is 8.08. The van der Waals surface area contributed by atoms with E-state index in [0.717, 1.165) is 18.6 Å². The Morgan fingerprint density at radius 1 is 1.35 bits per heavy atom. The Morgan fingerprint density at radius 2 is 2.12 bits per heavy atom. The van der Waals surface area contributed by atoms with Gasteiger partial charge in [0.1, 0.15) is 11.6 Å². The lowest BCUT2D eigenvalue weighted by atomic mass is 10.1. The fourth-order valence-electron chi connectivity index (χ4n) is 2.03. The van der Waals surface area contributed by atoms with Gasteiger partial charge in [-0.25, -0.2) is 8.78 Å². The molecule has 1 saturated carbocycles. The molecule has 0 heterocycles. The number of rotatable bonds is 2. The van der Waals surface area contributed by atoms with Crippen LogP contribution in [0, 0.1) is 11.6 Å². The van der Waals surface area contributed by atoms with E-state index in [1.807, 2.05) is 0 Å². The topological polar surface area (TPSA) is 49.3 Å². The van der Waals surface area contributed by atoms with Gasteiger partial charge < -0.3 is 10.4 Å². The van der Waals surface area contributed by atoms with Crippen LogP contribution in [0.15, 0.2) is 18.2 Å². The molecule has 1 fully saturated rings. The molecule has 1 aromatic carbocycles. The van der Waals surface area contributed by atoms with Crippen molar-refractivity contribution in [3.05, 3.63) is 35.4 Å². The summed E-state index contributed by atoms with van der Waals surface area (Å²) in [5.41, 5.74) is -0.203. The Bertz CT molecular complexity index is 437. The number of carbonyl (C=O) groups is 1. The summed E-state index contributed by atoms with van der Waals surface area (Å²) in [5, 5.41) is 12.1. The van der Waals surface area contributed by atoms with Crippen LogP contribution in [-0.4, -0.2) is 23.2 Å². The molecular weight excluding hydrogens is 228 g/mol. The van der Waals surface area contributed by atoms with Crippen LogP contribution in [0.2, 0.25) is 0 Å². The minimum atomic E-state index is -0.894. The molecule has 0 bridgehead atoms. The molecule has 0 saturated heterocycles. The molecule has 0 aliphatic heterocycles.